The van der Waals surface area contributed by atoms with Crippen molar-refractivity contribution >= 4 is 28.6 Å². The molecule has 0 saturated heterocycles. The topological polar surface area (TPSA) is 33.7 Å². The maximum absolute atomic E-state index is 5.96. The number of benzene rings is 3. The quantitative estimate of drug-likeness (QED) is 0.305. The number of hydrogen-bond donors (Lipinski definition) is 0. The first kappa shape index (κ1) is 18.9. The Balaban J connectivity index is 1.36. The Hall–Kier alpha value is -4.05. The van der Waals surface area contributed by atoms with Crippen LogP contribution in [0.2, 0.25) is 0 Å². The molecule has 3 aromatic carbocycles. The number of fused-ring (bicyclic) bond motifs is 1. The molecule has 5 rings (SSSR count). The van der Waals surface area contributed by atoms with E-state index in [1.165, 1.54) is 5.69 Å². The molecule has 0 fully saturated rings. The highest BCUT2D eigenvalue weighted by Crippen LogP contribution is 2.29. The van der Waals surface area contributed by atoms with Gasteiger partial charge >= 0.3 is 0 Å². The van der Waals surface area contributed by atoms with Crippen LogP contribution in [0.1, 0.15) is 5.69 Å². The van der Waals surface area contributed by atoms with E-state index in [0.29, 0.717) is 0 Å². The first-order valence-corrected chi connectivity index (χ1v) is 10.3. The Morgan fingerprint density at radius 1 is 0.839 bits per heavy atom. The molecular weight excluding hydrogens is 382 g/mol. The highest BCUT2D eigenvalue weighted by Gasteiger charge is 2.06. The lowest BCUT2D eigenvalue weighted by Crippen LogP contribution is -2.08. The van der Waals surface area contributed by atoms with Gasteiger partial charge in [0.15, 0.2) is 0 Å². The molecule has 0 aliphatic rings. The Bertz CT molecular complexity index is 1310. The van der Waals surface area contributed by atoms with Gasteiger partial charge in [-0.05, 0) is 72.8 Å². The summed E-state index contributed by atoms with van der Waals surface area (Å²) in [6.07, 6.45) is 3.95. The Labute approximate surface area is 181 Å². The standard InChI is InChI=1S/C27H23N3O/c1-29(2)23-13-15-24(16-14-23)30-17-5-7-25(30)19-28-22-11-9-20(10-12-22)27-18-21-6-3-4-8-26(21)31-27/h3-19H,1-2H3. The second kappa shape index (κ2) is 8.00. The van der Waals surface area contributed by atoms with Crippen LogP contribution < -0.4 is 4.90 Å². The van der Waals surface area contributed by atoms with Crippen LogP contribution >= 0.6 is 0 Å². The predicted octanol–water partition coefficient (Wildman–Crippen LogP) is 6.71. The van der Waals surface area contributed by atoms with Gasteiger partial charge in [0, 0.05) is 42.6 Å². The zero-order chi connectivity index (χ0) is 21.2. The minimum absolute atomic E-state index is 0.867. The van der Waals surface area contributed by atoms with Crippen LogP contribution in [0.3, 0.4) is 0 Å². The molecule has 4 heteroatoms. The van der Waals surface area contributed by atoms with E-state index in [1.54, 1.807) is 0 Å². The average Bonchev–Trinajstić information content (AvgIpc) is 3.45. The molecule has 31 heavy (non-hydrogen) atoms. The number of hydrogen-bond acceptors (Lipinski definition) is 3. The van der Waals surface area contributed by atoms with Crippen LogP contribution in [0.15, 0.2) is 107 Å². The minimum Gasteiger partial charge on any atom is -0.456 e. The van der Waals surface area contributed by atoms with Crippen molar-refractivity contribution < 1.29 is 4.42 Å². The van der Waals surface area contributed by atoms with Gasteiger partial charge in [-0.2, -0.15) is 0 Å². The zero-order valence-corrected chi connectivity index (χ0v) is 17.6. The molecule has 0 unspecified atom stereocenters. The van der Waals surface area contributed by atoms with Crippen molar-refractivity contribution in [3.05, 3.63) is 103 Å². The molecule has 0 saturated carbocycles. The van der Waals surface area contributed by atoms with Crippen molar-refractivity contribution in [1.29, 1.82) is 0 Å². The number of rotatable bonds is 5. The second-order valence-electron chi connectivity index (χ2n) is 7.67. The molecule has 2 heterocycles. The van der Waals surface area contributed by atoms with Crippen molar-refractivity contribution in [2.45, 2.75) is 0 Å². The highest BCUT2D eigenvalue weighted by molar-refractivity contribution is 5.84. The molecule has 0 spiro atoms. The number of furan rings is 1. The van der Waals surface area contributed by atoms with Gasteiger partial charge in [0.05, 0.1) is 17.6 Å². The lowest BCUT2D eigenvalue weighted by molar-refractivity contribution is 0.631. The molecule has 152 valence electrons. The number of para-hydroxylation sites is 1. The minimum atomic E-state index is 0.867. The van der Waals surface area contributed by atoms with Gasteiger partial charge < -0.3 is 13.9 Å². The molecule has 0 amide bonds. The summed E-state index contributed by atoms with van der Waals surface area (Å²) < 4.78 is 8.09. The van der Waals surface area contributed by atoms with E-state index < -0.39 is 0 Å². The van der Waals surface area contributed by atoms with Gasteiger partial charge in [-0.3, -0.25) is 4.99 Å². The first-order valence-electron chi connectivity index (χ1n) is 10.3. The zero-order valence-electron chi connectivity index (χ0n) is 17.6. The third-order valence-corrected chi connectivity index (χ3v) is 5.35. The summed E-state index contributed by atoms with van der Waals surface area (Å²) in [5, 5.41) is 1.11. The van der Waals surface area contributed by atoms with Crippen LogP contribution in [0, 0.1) is 0 Å². The Kier molecular flexibility index (Phi) is 4.89. The van der Waals surface area contributed by atoms with Crippen molar-refractivity contribution in [2.24, 2.45) is 4.99 Å². The molecule has 4 nitrogen and oxygen atoms in total. The maximum Gasteiger partial charge on any atom is 0.135 e. The van der Waals surface area contributed by atoms with E-state index in [1.807, 2.05) is 68.8 Å². The van der Waals surface area contributed by atoms with Crippen LogP contribution in [0.25, 0.3) is 28.0 Å². The lowest BCUT2D eigenvalue weighted by Gasteiger charge is -2.13. The molecule has 2 aromatic heterocycles. The van der Waals surface area contributed by atoms with E-state index in [4.69, 9.17) is 4.42 Å². The molecule has 0 aliphatic carbocycles. The Morgan fingerprint density at radius 3 is 2.35 bits per heavy atom. The lowest BCUT2D eigenvalue weighted by atomic mass is 10.1. The van der Waals surface area contributed by atoms with Gasteiger partial charge in [0.2, 0.25) is 0 Å². The molecule has 5 aromatic rings. The Morgan fingerprint density at radius 2 is 1.61 bits per heavy atom. The second-order valence-corrected chi connectivity index (χ2v) is 7.67. The van der Waals surface area contributed by atoms with Crippen LogP contribution in [-0.2, 0) is 0 Å². The van der Waals surface area contributed by atoms with Crippen molar-refractivity contribution in [1.82, 2.24) is 4.57 Å². The molecule has 0 bridgehead atoms. The first-order chi connectivity index (χ1) is 15.2. The van der Waals surface area contributed by atoms with Crippen molar-refractivity contribution in [3.63, 3.8) is 0 Å². The van der Waals surface area contributed by atoms with Crippen LogP contribution in [-0.4, -0.2) is 24.9 Å². The SMILES string of the molecule is CN(C)c1ccc(-n2cccc2C=Nc2ccc(-c3cc4ccccc4o3)cc2)cc1. The number of anilines is 1. The third-order valence-electron chi connectivity index (χ3n) is 5.35. The van der Waals surface area contributed by atoms with Gasteiger partial charge in [-0.1, -0.05) is 18.2 Å². The third kappa shape index (κ3) is 3.88. The van der Waals surface area contributed by atoms with E-state index in [9.17, 15) is 0 Å². The van der Waals surface area contributed by atoms with Crippen LogP contribution in [0.5, 0.6) is 0 Å². The van der Waals surface area contributed by atoms with E-state index in [0.717, 1.165) is 39.4 Å². The molecule has 0 radical (unpaired) electrons. The summed E-state index contributed by atoms with van der Waals surface area (Å²) >= 11 is 0. The van der Waals surface area contributed by atoms with Gasteiger partial charge in [0.1, 0.15) is 11.3 Å². The molecule has 0 N–H and O–H groups in total. The summed E-state index contributed by atoms with van der Waals surface area (Å²) in [4.78, 5) is 6.77. The molecule has 0 atom stereocenters. The fourth-order valence-corrected chi connectivity index (χ4v) is 3.62. The van der Waals surface area contributed by atoms with Crippen molar-refractivity contribution in [3.8, 4) is 17.0 Å². The monoisotopic (exact) mass is 405 g/mol. The number of aliphatic imine (C=N–C) groups is 1. The summed E-state index contributed by atoms with van der Waals surface area (Å²) in [5.74, 6) is 0.867. The van der Waals surface area contributed by atoms with E-state index in [-0.39, 0.29) is 0 Å². The summed E-state index contributed by atoms with van der Waals surface area (Å²) in [5.41, 5.74) is 6.15. The average molecular weight is 406 g/mol. The predicted molar refractivity (Wildman–Crippen MR) is 129 cm³/mol. The van der Waals surface area contributed by atoms with Gasteiger partial charge in [0.25, 0.3) is 0 Å². The van der Waals surface area contributed by atoms with E-state index >= 15 is 0 Å². The highest BCUT2D eigenvalue weighted by atomic mass is 16.3. The van der Waals surface area contributed by atoms with Crippen molar-refractivity contribution in [2.75, 3.05) is 19.0 Å². The van der Waals surface area contributed by atoms with Crippen LogP contribution in [0.4, 0.5) is 11.4 Å². The molecule has 0 aliphatic heterocycles. The normalized spacial score (nSPS) is 11.4. The summed E-state index contributed by atoms with van der Waals surface area (Å²) in [7, 11) is 4.09. The maximum atomic E-state index is 5.96. The fraction of sp³-hybridized carbons (Fsp3) is 0.0741. The summed E-state index contributed by atoms with van der Waals surface area (Å²) in [6, 6.07) is 30.8. The smallest absolute Gasteiger partial charge is 0.135 e. The number of aromatic nitrogens is 1. The number of nitrogens with zero attached hydrogens (tertiary/aromatic N) is 3. The van der Waals surface area contributed by atoms with E-state index in [2.05, 4.69) is 63.1 Å². The van der Waals surface area contributed by atoms with Gasteiger partial charge in [-0.15, -0.1) is 0 Å². The largest absolute Gasteiger partial charge is 0.456 e. The summed E-state index contributed by atoms with van der Waals surface area (Å²) in [6.45, 7) is 0. The fourth-order valence-electron chi connectivity index (χ4n) is 3.62. The molecular formula is C27H23N3O. The van der Waals surface area contributed by atoms with Gasteiger partial charge in [-0.25, -0.2) is 0 Å².